The molecule has 0 saturated carbocycles. The Morgan fingerprint density at radius 3 is 2.47 bits per heavy atom. The molecular formula is C13H16BrN3. The third-order valence-electron chi connectivity index (χ3n) is 2.93. The summed E-state index contributed by atoms with van der Waals surface area (Å²) >= 11 is 3.49. The van der Waals surface area contributed by atoms with Crippen LogP contribution in [-0.4, -0.2) is 15.0 Å². The van der Waals surface area contributed by atoms with Crippen LogP contribution in [0.25, 0.3) is 0 Å². The first-order valence-electron chi connectivity index (χ1n) is 5.67. The Morgan fingerprint density at radius 2 is 1.94 bits per heavy atom. The zero-order valence-electron chi connectivity index (χ0n) is 10.3. The monoisotopic (exact) mass is 293 g/mol. The van der Waals surface area contributed by atoms with Crippen LogP contribution >= 0.6 is 15.9 Å². The van der Waals surface area contributed by atoms with Gasteiger partial charge in [-0.05, 0) is 37.5 Å². The van der Waals surface area contributed by atoms with Gasteiger partial charge in [-0.3, -0.25) is 0 Å². The van der Waals surface area contributed by atoms with Crippen LogP contribution < -0.4 is 0 Å². The number of aromatic nitrogens is 3. The smallest absolute Gasteiger partial charge is 0.0960 e. The van der Waals surface area contributed by atoms with Gasteiger partial charge in [-0.2, -0.15) is 0 Å². The summed E-state index contributed by atoms with van der Waals surface area (Å²) in [5.74, 6) is 0. The number of hydrogen-bond donors (Lipinski definition) is 0. The molecule has 0 aliphatic rings. The number of benzene rings is 1. The van der Waals surface area contributed by atoms with Gasteiger partial charge < -0.3 is 0 Å². The lowest BCUT2D eigenvalue weighted by atomic mass is 10.0. The van der Waals surface area contributed by atoms with E-state index in [0.717, 1.165) is 12.2 Å². The summed E-state index contributed by atoms with van der Waals surface area (Å²) in [4.78, 5) is 0.245. The summed E-state index contributed by atoms with van der Waals surface area (Å²) in [6.45, 7) is 7.10. The van der Waals surface area contributed by atoms with Crippen molar-refractivity contribution in [2.24, 2.45) is 0 Å². The summed E-state index contributed by atoms with van der Waals surface area (Å²) in [6.07, 6.45) is 1.99. The molecule has 1 aromatic carbocycles. The molecule has 1 unspecified atom stereocenters. The van der Waals surface area contributed by atoms with Gasteiger partial charge in [-0.25, -0.2) is 4.68 Å². The molecule has 1 atom stereocenters. The second-order valence-electron chi connectivity index (χ2n) is 4.33. The minimum atomic E-state index is 0.245. The van der Waals surface area contributed by atoms with Crippen molar-refractivity contribution in [1.82, 2.24) is 15.0 Å². The van der Waals surface area contributed by atoms with Crippen LogP contribution in [0.5, 0.6) is 0 Å². The summed E-state index contributed by atoms with van der Waals surface area (Å²) in [5, 5.41) is 8.29. The van der Waals surface area contributed by atoms with Crippen LogP contribution in [0.3, 0.4) is 0 Å². The van der Waals surface area contributed by atoms with Gasteiger partial charge in [-0.1, -0.05) is 39.3 Å². The molecule has 4 heteroatoms. The molecule has 2 aromatic rings. The number of halogens is 1. The predicted octanol–water partition coefficient (Wildman–Crippen LogP) is 3.40. The Kier molecular flexibility index (Phi) is 3.62. The first-order valence-corrected chi connectivity index (χ1v) is 6.58. The highest BCUT2D eigenvalue weighted by molar-refractivity contribution is 9.09. The SMILES string of the molecule is Cc1cccc(C)c1Cn1cc(C(C)Br)nn1. The fourth-order valence-corrected chi connectivity index (χ4v) is 2.04. The van der Waals surface area contributed by atoms with Gasteiger partial charge in [0.25, 0.3) is 0 Å². The number of nitrogens with zero attached hydrogens (tertiary/aromatic N) is 3. The van der Waals surface area contributed by atoms with E-state index in [2.05, 4.69) is 58.3 Å². The van der Waals surface area contributed by atoms with Gasteiger partial charge in [0.15, 0.2) is 0 Å². The van der Waals surface area contributed by atoms with Crippen molar-refractivity contribution in [1.29, 1.82) is 0 Å². The molecule has 0 N–H and O–H groups in total. The van der Waals surface area contributed by atoms with Crippen LogP contribution in [-0.2, 0) is 6.54 Å². The molecule has 2 rings (SSSR count). The molecule has 17 heavy (non-hydrogen) atoms. The molecule has 0 bridgehead atoms. The van der Waals surface area contributed by atoms with E-state index in [1.165, 1.54) is 16.7 Å². The van der Waals surface area contributed by atoms with Crippen LogP contribution in [0.4, 0.5) is 0 Å². The van der Waals surface area contributed by atoms with Crippen molar-refractivity contribution in [2.75, 3.05) is 0 Å². The lowest BCUT2D eigenvalue weighted by molar-refractivity contribution is 0.645. The van der Waals surface area contributed by atoms with Crippen LogP contribution in [0.2, 0.25) is 0 Å². The molecular weight excluding hydrogens is 278 g/mol. The summed E-state index contributed by atoms with van der Waals surface area (Å²) in [7, 11) is 0. The lowest BCUT2D eigenvalue weighted by Gasteiger charge is -2.08. The highest BCUT2D eigenvalue weighted by atomic mass is 79.9. The molecule has 0 amide bonds. The van der Waals surface area contributed by atoms with E-state index in [1.54, 1.807) is 0 Å². The van der Waals surface area contributed by atoms with Crippen molar-refractivity contribution < 1.29 is 0 Å². The molecule has 0 spiro atoms. The molecule has 90 valence electrons. The Hall–Kier alpha value is -1.16. The maximum Gasteiger partial charge on any atom is 0.0960 e. The summed E-state index contributed by atoms with van der Waals surface area (Å²) in [5.41, 5.74) is 4.89. The van der Waals surface area contributed by atoms with Crippen molar-refractivity contribution >= 4 is 15.9 Å². The largest absolute Gasteiger partial charge is 0.248 e. The maximum atomic E-state index is 4.15. The average Bonchev–Trinajstić information content (AvgIpc) is 2.72. The fourth-order valence-electron chi connectivity index (χ4n) is 1.83. The van der Waals surface area contributed by atoms with Crippen molar-refractivity contribution in [3.8, 4) is 0 Å². The molecule has 0 saturated heterocycles. The van der Waals surface area contributed by atoms with Crippen LogP contribution in [0, 0.1) is 13.8 Å². The Balaban J connectivity index is 2.25. The molecule has 1 heterocycles. The minimum absolute atomic E-state index is 0.245. The van der Waals surface area contributed by atoms with Gasteiger partial charge in [0.2, 0.25) is 0 Å². The number of aryl methyl sites for hydroxylation is 2. The predicted molar refractivity (Wildman–Crippen MR) is 72.4 cm³/mol. The molecule has 0 aliphatic carbocycles. The Bertz CT molecular complexity index is 497. The topological polar surface area (TPSA) is 30.7 Å². The number of hydrogen-bond acceptors (Lipinski definition) is 2. The average molecular weight is 294 g/mol. The van der Waals surface area contributed by atoms with Gasteiger partial charge in [0.05, 0.1) is 17.1 Å². The second kappa shape index (κ2) is 5.00. The Morgan fingerprint density at radius 1 is 1.29 bits per heavy atom. The van der Waals surface area contributed by atoms with Gasteiger partial charge in [-0.15, -0.1) is 5.10 Å². The van der Waals surface area contributed by atoms with Gasteiger partial charge >= 0.3 is 0 Å². The van der Waals surface area contributed by atoms with E-state index in [1.807, 2.05) is 17.8 Å². The summed E-state index contributed by atoms with van der Waals surface area (Å²) < 4.78 is 1.89. The van der Waals surface area contributed by atoms with E-state index in [0.29, 0.717) is 0 Å². The third-order valence-corrected chi connectivity index (χ3v) is 3.40. The van der Waals surface area contributed by atoms with E-state index < -0.39 is 0 Å². The molecule has 0 aliphatic heterocycles. The lowest BCUT2D eigenvalue weighted by Crippen LogP contribution is -2.04. The maximum absolute atomic E-state index is 4.15. The first-order chi connectivity index (χ1) is 8.08. The van der Waals surface area contributed by atoms with Crippen molar-refractivity contribution in [3.63, 3.8) is 0 Å². The quantitative estimate of drug-likeness (QED) is 0.812. The van der Waals surface area contributed by atoms with E-state index in [-0.39, 0.29) is 4.83 Å². The highest BCUT2D eigenvalue weighted by Crippen LogP contribution is 2.19. The molecule has 0 fully saturated rings. The minimum Gasteiger partial charge on any atom is -0.248 e. The van der Waals surface area contributed by atoms with Crippen molar-refractivity contribution in [3.05, 3.63) is 46.8 Å². The van der Waals surface area contributed by atoms with Crippen molar-refractivity contribution in [2.45, 2.75) is 32.1 Å². The zero-order chi connectivity index (χ0) is 12.4. The van der Waals surface area contributed by atoms with Crippen LogP contribution in [0.1, 0.15) is 34.1 Å². The van der Waals surface area contributed by atoms with Gasteiger partial charge in [0.1, 0.15) is 0 Å². The Labute approximate surface area is 110 Å². The first kappa shape index (κ1) is 12.3. The number of rotatable bonds is 3. The molecule has 1 aromatic heterocycles. The number of alkyl halides is 1. The highest BCUT2D eigenvalue weighted by Gasteiger charge is 2.08. The molecule has 0 radical (unpaired) electrons. The van der Waals surface area contributed by atoms with E-state index in [9.17, 15) is 0 Å². The second-order valence-corrected chi connectivity index (χ2v) is 5.70. The fraction of sp³-hybridized carbons (Fsp3) is 0.385. The zero-order valence-corrected chi connectivity index (χ0v) is 11.9. The summed E-state index contributed by atoms with van der Waals surface area (Å²) in [6, 6.07) is 6.35. The van der Waals surface area contributed by atoms with E-state index >= 15 is 0 Å². The van der Waals surface area contributed by atoms with E-state index in [4.69, 9.17) is 0 Å². The van der Waals surface area contributed by atoms with Crippen LogP contribution in [0.15, 0.2) is 24.4 Å². The normalized spacial score (nSPS) is 12.7. The van der Waals surface area contributed by atoms with Gasteiger partial charge in [0, 0.05) is 6.20 Å². The standard InChI is InChI=1S/C13H16BrN3/c1-9-5-4-6-10(2)12(9)7-17-8-13(11(3)14)15-16-17/h4-6,8,11H,7H2,1-3H3. The molecule has 3 nitrogen and oxygen atoms in total. The third kappa shape index (κ3) is 2.75.